The van der Waals surface area contributed by atoms with E-state index in [4.69, 9.17) is 10.5 Å². The van der Waals surface area contributed by atoms with Crippen LogP contribution in [0.4, 0.5) is 11.4 Å². The van der Waals surface area contributed by atoms with Crippen molar-refractivity contribution >= 4 is 17.3 Å². The molecule has 0 aliphatic carbocycles. The first-order valence-electron chi connectivity index (χ1n) is 7.58. The van der Waals surface area contributed by atoms with Crippen LogP contribution < -0.4 is 15.8 Å². The van der Waals surface area contributed by atoms with Gasteiger partial charge in [-0.05, 0) is 37.1 Å². The molecule has 116 valence electrons. The normalized spacial score (nSPS) is 18.7. The van der Waals surface area contributed by atoms with Crippen molar-refractivity contribution in [1.29, 1.82) is 0 Å². The van der Waals surface area contributed by atoms with Gasteiger partial charge in [0.05, 0.1) is 12.8 Å². The van der Waals surface area contributed by atoms with Crippen LogP contribution in [0.5, 0.6) is 5.75 Å². The number of nitrogen functional groups attached to an aromatic ring is 1. The Morgan fingerprint density at radius 2 is 2.33 bits per heavy atom. The van der Waals surface area contributed by atoms with Gasteiger partial charge in [0.25, 0.3) is 0 Å². The number of carbonyl (C=O) groups is 1. The highest BCUT2D eigenvalue weighted by atomic mass is 16.5. The van der Waals surface area contributed by atoms with Gasteiger partial charge in [-0.25, -0.2) is 0 Å². The molecule has 0 spiro atoms. The molecule has 1 aliphatic heterocycles. The first-order valence-corrected chi connectivity index (χ1v) is 7.58. The quantitative estimate of drug-likeness (QED) is 0.789. The maximum absolute atomic E-state index is 12.1. The van der Waals surface area contributed by atoms with Crippen LogP contribution in [0.3, 0.4) is 0 Å². The van der Waals surface area contributed by atoms with E-state index in [-0.39, 0.29) is 5.91 Å². The molecule has 1 saturated heterocycles. The summed E-state index contributed by atoms with van der Waals surface area (Å²) in [6.45, 7) is 5.26. The lowest BCUT2D eigenvalue weighted by Crippen LogP contribution is -2.26. The van der Waals surface area contributed by atoms with Crippen molar-refractivity contribution in [1.82, 2.24) is 4.90 Å². The number of nitrogens with zero attached hydrogens (tertiary/aromatic N) is 1. The summed E-state index contributed by atoms with van der Waals surface area (Å²) in [5.41, 5.74) is 6.99. The van der Waals surface area contributed by atoms with Crippen molar-refractivity contribution in [3.63, 3.8) is 0 Å². The Bertz CT molecular complexity index is 490. The molecule has 1 aliphatic rings. The molecule has 1 aromatic carbocycles. The number of likely N-dealkylation sites (tertiary alicyclic amines) is 1. The lowest BCUT2D eigenvalue weighted by molar-refractivity contribution is -0.116. The van der Waals surface area contributed by atoms with Gasteiger partial charge < -0.3 is 20.7 Å². The third-order valence-corrected chi connectivity index (χ3v) is 4.10. The molecule has 1 aromatic rings. The summed E-state index contributed by atoms with van der Waals surface area (Å²) in [6.07, 6.45) is 2.97. The van der Waals surface area contributed by atoms with Gasteiger partial charge >= 0.3 is 0 Å². The van der Waals surface area contributed by atoms with E-state index in [0.717, 1.165) is 25.6 Å². The van der Waals surface area contributed by atoms with Gasteiger partial charge in [-0.15, -0.1) is 0 Å². The number of hydrogen-bond acceptors (Lipinski definition) is 4. The van der Waals surface area contributed by atoms with E-state index in [9.17, 15) is 4.79 Å². The van der Waals surface area contributed by atoms with Crippen molar-refractivity contribution in [2.45, 2.75) is 26.2 Å². The zero-order valence-electron chi connectivity index (χ0n) is 12.9. The summed E-state index contributed by atoms with van der Waals surface area (Å²) in [5, 5.41) is 2.88. The average Bonchev–Trinajstić information content (AvgIpc) is 2.93. The molecule has 1 amide bonds. The van der Waals surface area contributed by atoms with Gasteiger partial charge in [0.1, 0.15) is 5.75 Å². The fourth-order valence-corrected chi connectivity index (χ4v) is 2.74. The second kappa shape index (κ2) is 7.31. The van der Waals surface area contributed by atoms with Crippen molar-refractivity contribution in [2.75, 3.05) is 37.8 Å². The van der Waals surface area contributed by atoms with E-state index >= 15 is 0 Å². The molecule has 3 N–H and O–H groups in total. The van der Waals surface area contributed by atoms with E-state index in [1.54, 1.807) is 25.3 Å². The first kappa shape index (κ1) is 15.6. The summed E-state index contributed by atoms with van der Waals surface area (Å²) >= 11 is 0. The summed E-state index contributed by atoms with van der Waals surface area (Å²) < 4.78 is 5.23. The molecule has 0 saturated carbocycles. The monoisotopic (exact) mass is 291 g/mol. The highest BCUT2D eigenvalue weighted by Crippen LogP contribution is 2.26. The molecule has 2 rings (SSSR count). The number of methoxy groups -OCH3 is 1. The summed E-state index contributed by atoms with van der Waals surface area (Å²) in [5.74, 6) is 1.42. The Kier molecular flexibility index (Phi) is 5.44. The number of amides is 1. The standard InChI is InChI=1S/C16H25N3O2/c1-3-12-6-8-19(11-12)9-7-16(20)18-14-10-13(17)4-5-15(14)21-2/h4-5,10,12H,3,6-9,11,17H2,1-2H3,(H,18,20). The van der Waals surface area contributed by atoms with Gasteiger partial charge in [0.15, 0.2) is 0 Å². The number of ether oxygens (including phenoxy) is 1. The Morgan fingerprint density at radius 1 is 1.52 bits per heavy atom. The maximum atomic E-state index is 12.1. The van der Waals surface area contributed by atoms with Crippen LogP contribution in [-0.4, -0.2) is 37.6 Å². The molecule has 1 atom stereocenters. The third-order valence-electron chi connectivity index (χ3n) is 4.10. The van der Waals surface area contributed by atoms with E-state index in [2.05, 4.69) is 17.1 Å². The first-order chi connectivity index (χ1) is 10.1. The van der Waals surface area contributed by atoms with Crippen molar-refractivity contribution in [3.8, 4) is 5.75 Å². The number of nitrogens with two attached hydrogens (primary N) is 1. The van der Waals surface area contributed by atoms with Gasteiger partial charge in [-0.3, -0.25) is 4.79 Å². The predicted molar refractivity (Wildman–Crippen MR) is 85.5 cm³/mol. The molecule has 1 fully saturated rings. The molecule has 1 heterocycles. The smallest absolute Gasteiger partial charge is 0.225 e. The topological polar surface area (TPSA) is 67.6 Å². The van der Waals surface area contributed by atoms with Crippen LogP contribution in [-0.2, 0) is 4.79 Å². The Morgan fingerprint density at radius 3 is 3.00 bits per heavy atom. The minimum Gasteiger partial charge on any atom is -0.495 e. The van der Waals surface area contributed by atoms with Crippen LogP contribution >= 0.6 is 0 Å². The Hall–Kier alpha value is -1.75. The number of anilines is 2. The van der Waals surface area contributed by atoms with Crippen LogP contribution in [0.2, 0.25) is 0 Å². The molecular weight excluding hydrogens is 266 g/mol. The molecule has 1 unspecified atom stereocenters. The number of benzene rings is 1. The minimum absolute atomic E-state index is 0.00107. The minimum atomic E-state index is -0.00107. The number of nitrogens with one attached hydrogen (secondary N) is 1. The van der Waals surface area contributed by atoms with Gasteiger partial charge in [-0.2, -0.15) is 0 Å². The molecule has 5 nitrogen and oxygen atoms in total. The number of rotatable bonds is 6. The maximum Gasteiger partial charge on any atom is 0.225 e. The van der Waals surface area contributed by atoms with Crippen LogP contribution in [0, 0.1) is 5.92 Å². The number of hydrogen-bond donors (Lipinski definition) is 2. The zero-order valence-corrected chi connectivity index (χ0v) is 12.9. The van der Waals surface area contributed by atoms with Crippen LogP contribution in [0.25, 0.3) is 0 Å². The van der Waals surface area contributed by atoms with Crippen LogP contribution in [0.1, 0.15) is 26.2 Å². The van der Waals surface area contributed by atoms with E-state index in [1.807, 2.05) is 0 Å². The average molecular weight is 291 g/mol. The van der Waals surface area contributed by atoms with Gasteiger partial charge in [0.2, 0.25) is 5.91 Å². The lowest BCUT2D eigenvalue weighted by atomic mass is 10.1. The molecule has 0 bridgehead atoms. The summed E-state index contributed by atoms with van der Waals surface area (Å²) in [6, 6.07) is 5.24. The predicted octanol–water partition coefficient (Wildman–Crippen LogP) is 2.34. The van der Waals surface area contributed by atoms with E-state index in [0.29, 0.717) is 23.5 Å². The largest absolute Gasteiger partial charge is 0.495 e. The third kappa shape index (κ3) is 4.36. The molecular formula is C16H25N3O2. The van der Waals surface area contributed by atoms with Gasteiger partial charge in [0, 0.05) is 25.2 Å². The van der Waals surface area contributed by atoms with Crippen molar-refractivity contribution < 1.29 is 9.53 Å². The molecule has 21 heavy (non-hydrogen) atoms. The molecule has 5 heteroatoms. The van der Waals surface area contributed by atoms with E-state index in [1.165, 1.54) is 12.8 Å². The second-order valence-electron chi connectivity index (χ2n) is 5.62. The fourth-order valence-electron chi connectivity index (χ4n) is 2.74. The number of carbonyl (C=O) groups excluding carboxylic acids is 1. The summed E-state index contributed by atoms with van der Waals surface area (Å²) in [7, 11) is 1.58. The zero-order chi connectivity index (χ0) is 15.2. The summed E-state index contributed by atoms with van der Waals surface area (Å²) in [4.78, 5) is 14.4. The van der Waals surface area contributed by atoms with E-state index < -0.39 is 0 Å². The Balaban J connectivity index is 1.83. The Labute approximate surface area is 126 Å². The van der Waals surface area contributed by atoms with Crippen molar-refractivity contribution in [2.24, 2.45) is 5.92 Å². The SMILES string of the molecule is CCC1CCN(CCC(=O)Nc2cc(N)ccc2OC)C1. The molecule has 0 radical (unpaired) electrons. The fraction of sp³-hybridized carbons (Fsp3) is 0.562. The van der Waals surface area contributed by atoms with Crippen molar-refractivity contribution in [3.05, 3.63) is 18.2 Å². The highest BCUT2D eigenvalue weighted by Gasteiger charge is 2.21. The lowest BCUT2D eigenvalue weighted by Gasteiger charge is -2.16. The second-order valence-corrected chi connectivity index (χ2v) is 5.62. The van der Waals surface area contributed by atoms with Gasteiger partial charge in [-0.1, -0.05) is 13.3 Å². The molecule has 0 aromatic heterocycles. The van der Waals surface area contributed by atoms with Crippen LogP contribution in [0.15, 0.2) is 18.2 Å². The highest BCUT2D eigenvalue weighted by molar-refractivity contribution is 5.93.